The predicted octanol–water partition coefficient (Wildman–Crippen LogP) is 1.00. The smallest absolute Gasteiger partial charge is 0.101 e. The molecule has 1 aliphatic rings. The van der Waals surface area contributed by atoms with Crippen molar-refractivity contribution in [3.05, 3.63) is 18.0 Å². The van der Waals surface area contributed by atoms with Gasteiger partial charge in [0.15, 0.2) is 0 Å². The molecule has 0 aromatic carbocycles. The molecule has 1 fully saturated rings. The minimum absolute atomic E-state index is 0.000185. The molecule has 2 rings (SSSR count). The molecule has 0 saturated carbocycles. The fourth-order valence-corrected chi connectivity index (χ4v) is 2.06. The molecule has 0 bridgehead atoms. The molecule has 96 valence electrons. The molecule has 5 heteroatoms. The molecular formula is C12H21N3O2. The van der Waals surface area contributed by atoms with E-state index in [2.05, 4.69) is 12.0 Å². The summed E-state index contributed by atoms with van der Waals surface area (Å²) < 4.78 is 13.2. The van der Waals surface area contributed by atoms with Crippen LogP contribution in [0, 0.1) is 0 Å². The molecule has 3 atom stereocenters. The van der Waals surface area contributed by atoms with Crippen molar-refractivity contribution in [1.29, 1.82) is 0 Å². The minimum atomic E-state index is -0.0830. The summed E-state index contributed by atoms with van der Waals surface area (Å²) in [6.07, 6.45) is 5.71. The molecule has 1 aliphatic heterocycles. The first kappa shape index (κ1) is 12.5. The molecule has 1 aromatic rings. The fourth-order valence-electron chi connectivity index (χ4n) is 2.06. The number of nitrogens with zero attached hydrogens (tertiary/aromatic N) is 2. The van der Waals surface area contributed by atoms with Gasteiger partial charge in [-0.15, -0.1) is 0 Å². The van der Waals surface area contributed by atoms with Crippen LogP contribution in [0.15, 0.2) is 12.4 Å². The third-order valence-electron chi connectivity index (χ3n) is 3.14. The van der Waals surface area contributed by atoms with Gasteiger partial charge in [0.1, 0.15) is 6.10 Å². The highest BCUT2D eigenvalue weighted by Gasteiger charge is 2.26. The van der Waals surface area contributed by atoms with E-state index in [9.17, 15) is 0 Å². The van der Waals surface area contributed by atoms with Crippen molar-refractivity contribution < 1.29 is 9.47 Å². The summed E-state index contributed by atoms with van der Waals surface area (Å²) in [5, 5.41) is 4.18. The van der Waals surface area contributed by atoms with E-state index in [4.69, 9.17) is 15.2 Å². The summed E-state index contributed by atoms with van der Waals surface area (Å²) in [5.41, 5.74) is 7.18. The lowest BCUT2D eigenvalue weighted by Crippen LogP contribution is -2.32. The van der Waals surface area contributed by atoms with E-state index in [-0.39, 0.29) is 18.2 Å². The average molecular weight is 239 g/mol. The quantitative estimate of drug-likeness (QED) is 0.832. The highest BCUT2D eigenvalue weighted by molar-refractivity contribution is 5.11. The van der Waals surface area contributed by atoms with E-state index in [1.54, 1.807) is 4.68 Å². The van der Waals surface area contributed by atoms with Crippen LogP contribution in [0.4, 0.5) is 0 Å². The number of nitrogens with two attached hydrogens (primary N) is 1. The van der Waals surface area contributed by atoms with Gasteiger partial charge in [-0.2, -0.15) is 5.10 Å². The number of aromatic nitrogens is 2. The van der Waals surface area contributed by atoms with Gasteiger partial charge >= 0.3 is 0 Å². The Morgan fingerprint density at radius 3 is 3.06 bits per heavy atom. The second-order valence-corrected chi connectivity index (χ2v) is 4.56. The Bertz CT molecular complexity index is 347. The van der Waals surface area contributed by atoms with Gasteiger partial charge in [0, 0.05) is 31.5 Å². The molecule has 0 aliphatic carbocycles. The lowest BCUT2D eigenvalue weighted by Gasteiger charge is -2.25. The van der Waals surface area contributed by atoms with Crippen LogP contribution in [0.2, 0.25) is 0 Å². The van der Waals surface area contributed by atoms with Crippen molar-refractivity contribution in [3.63, 3.8) is 0 Å². The summed E-state index contributed by atoms with van der Waals surface area (Å²) in [5.74, 6) is 0. The Hall–Kier alpha value is -0.910. The zero-order chi connectivity index (χ0) is 12.3. The second kappa shape index (κ2) is 5.62. The standard InChI is InChI=1S/C12H21N3O2/c1-3-11(13)12(9-6-14-15(2)7-9)17-10-4-5-16-8-10/h6-7,10-12H,3-5,8,13H2,1-2H3. The molecule has 3 unspecified atom stereocenters. The lowest BCUT2D eigenvalue weighted by molar-refractivity contribution is -0.0301. The Morgan fingerprint density at radius 2 is 2.53 bits per heavy atom. The topological polar surface area (TPSA) is 62.3 Å². The van der Waals surface area contributed by atoms with Gasteiger partial charge in [-0.3, -0.25) is 4.68 Å². The van der Waals surface area contributed by atoms with E-state index >= 15 is 0 Å². The summed E-state index contributed by atoms with van der Waals surface area (Å²) >= 11 is 0. The molecule has 2 N–H and O–H groups in total. The van der Waals surface area contributed by atoms with Gasteiger partial charge in [0.25, 0.3) is 0 Å². The second-order valence-electron chi connectivity index (χ2n) is 4.56. The zero-order valence-electron chi connectivity index (χ0n) is 10.5. The first-order valence-corrected chi connectivity index (χ1v) is 6.18. The van der Waals surface area contributed by atoms with Gasteiger partial charge in [-0.05, 0) is 12.8 Å². The minimum Gasteiger partial charge on any atom is -0.379 e. The molecule has 0 amide bonds. The Kier molecular flexibility index (Phi) is 4.15. The molecule has 0 spiro atoms. The first-order chi connectivity index (χ1) is 8.20. The maximum atomic E-state index is 6.13. The van der Waals surface area contributed by atoms with E-state index in [0.717, 1.165) is 25.0 Å². The first-order valence-electron chi connectivity index (χ1n) is 6.18. The summed E-state index contributed by atoms with van der Waals surface area (Å²) in [7, 11) is 1.90. The van der Waals surface area contributed by atoms with Crippen molar-refractivity contribution in [2.75, 3.05) is 13.2 Å². The van der Waals surface area contributed by atoms with Crippen LogP contribution in [-0.2, 0) is 16.5 Å². The number of aryl methyl sites for hydroxylation is 1. The van der Waals surface area contributed by atoms with Gasteiger partial charge in [0.05, 0.1) is 18.9 Å². The lowest BCUT2D eigenvalue weighted by atomic mass is 10.0. The Labute approximate surface area is 102 Å². The van der Waals surface area contributed by atoms with E-state index < -0.39 is 0 Å². The van der Waals surface area contributed by atoms with Gasteiger partial charge in [-0.25, -0.2) is 0 Å². The van der Waals surface area contributed by atoms with Gasteiger partial charge in [0.2, 0.25) is 0 Å². The van der Waals surface area contributed by atoms with Crippen LogP contribution in [-0.4, -0.2) is 35.1 Å². The highest BCUT2D eigenvalue weighted by atomic mass is 16.6. The van der Waals surface area contributed by atoms with Crippen molar-refractivity contribution in [2.24, 2.45) is 12.8 Å². The van der Waals surface area contributed by atoms with Crippen LogP contribution in [0.5, 0.6) is 0 Å². The van der Waals surface area contributed by atoms with Crippen molar-refractivity contribution in [1.82, 2.24) is 9.78 Å². The maximum Gasteiger partial charge on any atom is 0.101 e. The highest BCUT2D eigenvalue weighted by Crippen LogP contribution is 2.25. The predicted molar refractivity (Wildman–Crippen MR) is 64.5 cm³/mol. The molecular weight excluding hydrogens is 218 g/mol. The van der Waals surface area contributed by atoms with Crippen molar-refractivity contribution in [3.8, 4) is 0 Å². The number of hydrogen-bond donors (Lipinski definition) is 1. The van der Waals surface area contributed by atoms with Crippen LogP contribution < -0.4 is 5.73 Å². The summed E-state index contributed by atoms with van der Waals surface area (Å²) in [6, 6.07) is -0.000185. The molecule has 17 heavy (non-hydrogen) atoms. The van der Waals surface area contributed by atoms with Crippen LogP contribution in [0.25, 0.3) is 0 Å². The van der Waals surface area contributed by atoms with Crippen LogP contribution in [0.3, 0.4) is 0 Å². The van der Waals surface area contributed by atoms with Gasteiger partial charge in [-0.1, -0.05) is 6.92 Å². The third-order valence-corrected chi connectivity index (χ3v) is 3.14. The van der Waals surface area contributed by atoms with E-state index in [1.165, 1.54) is 0 Å². The largest absolute Gasteiger partial charge is 0.379 e. The number of rotatable bonds is 5. The molecule has 2 heterocycles. The SMILES string of the molecule is CCC(N)C(OC1CCOC1)c1cnn(C)c1. The summed E-state index contributed by atoms with van der Waals surface area (Å²) in [6.45, 7) is 3.53. The number of ether oxygens (including phenoxy) is 2. The van der Waals surface area contributed by atoms with E-state index in [0.29, 0.717) is 6.61 Å². The molecule has 1 aromatic heterocycles. The monoisotopic (exact) mass is 239 g/mol. The van der Waals surface area contributed by atoms with Crippen LogP contribution in [0.1, 0.15) is 31.4 Å². The van der Waals surface area contributed by atoms with Crippen molar-refractivity contribution >= 4 is 0 Å². The maximum absolute atomic E-state index is 6.13. The van der Waals surface area contributed by atoms with E-state index in [1.807, 2.05) is 19.4 Å². The number of hydrogen-bond acceptors (Lipinski definition) is 4. The Balaban J connectivity index is 2.07. The van der Waals surface area contributed by atoms with Gasteiger partial charge < -0.3 is 15.2 Å². The molecule has 1 saturated heterocycles. The zero-order valence-corrected chi connectivity index (χ0v) is 10.5. The molecule has 5 nitrogen and oxygen atoms in total. The fraction of sp³-hybridized carbons (Fsp3) is 0.750. The summed E-state index contributed by atoms with van der Waals surface area (Å²) in [4.78, 5) is 0. The van der Waals surface area contributed by atoms with Crippen molar-refractivity contribution in [2.45, 2.75) is 38.0 Å². The normalized spacial score (nSPS) is 23.8. The Morgan fingerprint density at radius 1 is 1.71 bits per heavy atom. The molecule has 0 radical (unpaired) electrons. The average Bonchev–Trinajstić information content (AvgIpc) is 2.96. The third kappa shape index (κ3) is 3.06. The van der Waals surface area contributed by atoms with Crippen LogP contribution >= 0.6 is 0 Å².